The van der Waals surface area contributed by atoms with E-state index in [1.54, 1.807) is 0 Å². The fraction of sp³-hybridized carbons (Fsp3) is 0.167. The summed E-state index contributed by atoms with van der Waals surface area (Å²) in [4.78, 5) is 3.68. The van der Waals surface area contributed by atoms with Crippen LogP contribution in [0.3, 0.4) is 0 Å². The van der Waals surface area contributed by atoms with Crippen LogP contribution in [0.2, 0.25) is 0 Å². The number of hydrogen-bond donors (Lipinski definition) is 1. The van der Waals surface area contributed by atoms with E-state index >= 15 is 0 Å². The van der Waals surface area contributed by atoms with Gasteiger partial charge < -0.3 is 4.98 Å². The van der Waals surface area contributed by atoms with Crippen molar-refractivity contribution in [2.24, 2.45) is 0 Å². The molecular weight excluding hydrogens is 302 g/mol. The minimum Gasteiger partial charge on any atom is -0.354 e. The van der Waals surface area contributed by atoms with Crippen molar-refractivity contribution in [3.05, 3.63) is 90.2 Å². The summed E-state index contributed by atoms with van der Waals surface area (Å²) in [6.45, 7) is 10.7. The maximum atomic E-state index is 3.96. The molecule has 1 heterocycles. The van der Waals surface area contributed by atoms with Gasteiger partial charge in [-0.25, -0.2) is 0 Å². The zero-order valence-corrected chi connectivity index (χ0v) is 15.1. The lowest BCUT2D eigenvalue weighted by atomic mass is 9.74. The Balaban J connectivity index is 2.23. The fourth-order valence-electron chi connectivity index (χ4n) is 4.20. The number of allylic oxidation sites excluding steroid dienone is 5. The van der Waals surface area contributed by atoms with Gasteiger partial charge >= 0.3 is 0 Å². The molecular formula is C24H23N. The zero-order chi connectivity index (χ0) is 17.6. The number of nitrogens with one attached hydrogen (secondary N) is 1. The standard InChI is InChI=1S/C24H23N/c1-5-11-19-16(6-2)23-22(18-13-8-10-15-21(18)25-23)17-12-7-9-14-20(17)24(19,3)4/h5-15,25H,1H2,2-4H3/b16-6+,19-11+. The summed E-state index contributed by atoms with van der Waals surface area (Å²) < 4.78 is 0. The van der Waals surface area contributed by atoms with Crippen molar-refractivity contribution in [2.45, 2.75) is 26.2 Å². The number of benzene rings is 2. The smallest absolute Gasteiger partial charge is 0.0544 e. The number of rotatable bonds is 1. The molecule has 2 aromatic carbocycles. The first kappa shape index (κ1) is 15.7. The van der Waals surface area contributed by atoms with Gasteiger partial charge in [0.05, 0.1) is 5.69 Å². The predicted octanol–water partition coefficient (Wildman–Crippen LogP) is 6.64. The summed E-state index contributed by atoms with van der Waals surface area (Å²) in [6.07, 6.45) is 6.28. The first-order chi connectivity index (χ1) is 12.1. The van der Waals surface area contributed by atoms with E-state index < -0.39 is 0 Å². The largest absolute Gasteiger partial charge is 0.354 e. The average molecular weight is 325 g/mol. The summed E-state index contributed by atoms with van der Waals surface area (Å²) >= 11 is 0. The number of fused-ring (bicyclic) bond motifs is 5. The summed E-state index contributed by atoms with van der Waals surface area (Å²) in [5.41, 5.74) is 8.80. The van der Waals surface area contributed by atoms with E-state index in [0.717, 1.165) is 0 Å². The number of para-hydroxylation sites is 1. The lowest BCUT2D eigenvalue weighted by Gasteiger charge is -2.29. The normalized spacial score (nSPS) is 18.8. The lowest BCUT2D eigenvalue weighted by Crippen LogP contribution is -2.21. The number of aromatic nitrogens is 1. The van der Waals surface area contributed by atoms with E-state index in [4.69, 9.17) is 0 Å². The Kier molecular flexibility index (Phi) is 3.54. The summed E-state index contributed by atoms with van der Waals surface area (Å²) in [6, 6.07) is 17.4. The molecule has 0 spiro atoms. The van der Waals surface area contributed by atoms with Crippen molar-refractivity contribution >= 4 is 16.5 Å². The molecule has 0 unspecified atom stereocenters. The molecule has 3 aromatic rings. The molecule has 1 aliphatic rings. The van der Waals surface area contributed by atoms with E-state index in [9.17, 15) is 0 Å². The lowest BCUT2D eigenvalue weighted by molar-refractivity contribution is 0.647. The van der Waals surface area contributed by atoms with Crippen molar-refractivity contribution in [1.82, 2.24) is 4.98 Å². The van der Waals surface area contributed by atoms with E-state index in [-0.39, 0.29) is 5.41 Å². The topological polar surface area (TPSA) is 15.8 Å². The van der Waals surface area contributed by atoms with Crippen LogP contribution in [0.15, 0.2) is 78.9 Å². The van der Waals surface area contributed by atoms with Gasteiger partial charge in [-0.2, -0.15) is 0 Å². The van der Waals surface area contributed by atoms with Crippen molar-refractivity contribution in [2.75, 3.05) is 0 Å². The molecule has 0 bridgehead atoms. The average Bonchev–Trinajstić information content (AvgIpc) is 2.97. The van der Waals surface area contributed by atoms with Crippen molar-refractivity contribution in [3.63, 3.8) is 0 Å². The molecule has 1 aliphatic carbocycles. The molecule has 0 atom stereocenters. The Labute approximate surface area is 149 Å². The van der Waals surface area contributed by atoms with Crippen LogP contribution in [0.4, 0.5) is 0 Å². The maximum Gasteiger partial charge on any atom is 0.0544 e. The Morgan fingerprint density at radius 1 is 1.00 bits per heavy atom. The van der Waals surface area contributed by atoms with Gasteiger partial charge in [0.15, 0.2) is 0 Å². The molecule has 1 aromatic heterocycles. The quantitative estimate of drug-likeness (QED) is 0.516. The molecule has 0 fully saturated rings. The second-order valence-electron chi connectivity index (χ2n) is 7.11. The van der Waals surface area contributed by atoms with E-state index in [1.807, 2.05) is 6.08 Å². The first-order valence-electron chi connectivity index (χ1n) is 8.80. The minimum absolute atomic E-state index is 0.104. The molecule has 25 heavy (non-hydrogen) atoms. The van der Waals surface area contributed by atoms with Gasteiger partial charge in [-0.15, -0.1) is 0 Å². The van der Waals surface area contributed by atoms with Gasteiger partial charge in [0, 0.05) is 21.9 Å². The molecule has 0 radical (unpaired) electrons. The third kappa shape index (κ3) is 2.16. The van der Waals surface area contributed by atoms with Crippen molar-refractivity contribution in [3.8, 4) is 11.1 Å². The molecule has 1 nitrogen and oxygen atoms in total. The fourth-order valence-corrected chi connectivity index (χ4v) is 4.20. The highest BCUT2D eigenvalue weighted by Crippen LogP contribution is 2.51. The third-order valence-electron chi connectivity index (χ3n) is 5.38. The summed E-state index contributed by atoms with van der Waals surface area (Å²) in [5.74, 6) is 0. The molecule has 124 valence electrons. The van der Waals surface area contributed by atoms with Crippen LogP contribution >= 0.6 is 0 Å². The Morgan fingerprint density at radius 2 is 1.72 bits per heavy atom. The van der Waals surface area contributed by atoms with Gasteiger partial charge in [-0.1, -0.05) is 81.1 Å². The Bertz CT molecular complexity index is 1040. The summed E-state index contributed by atoms with van der Waals surface area (Å²) in [5, 5.41) is 1.28. The number of aromatic amines is 1. The first-order valence-corrected chi connectivity index (χ1v) is 8.80. The highest BCUT2D eigenvalue weighted by Gasteiger charge is 2.36. The van der Waals surface area contributed by atoms with Crippen molar-refractivity contribution < 1.29 is 0 Å². The maximum absolute atomic E-state index is 3.96. The van der Waals surface area contributed by atoms with Crippen molar-refractivity contribution in [1.29, 1.82) is 0 Å². The van der Waals surface area contributed by atoms with Crippen LogP contribution in [-0.4, -0.2) is 4.98 Å². The van der Waals surface area contributed by atoms with E-state index in [2.05, 4.69) is 93.0 Å². The van der Waals surface area contributed by atoms with Crippen LogP contribution in [0.25, 0.3) is 27.6 Å². The van der Waals surface area contributed by atoms with Crippen LogP contribution in [0, 0.1) is 0 Å². The molecule has 0 saturated heterocycles. The van der Waals surface area contributed by atoms with E-state index in [0.29, 0.717) is 0 Å². The van der Waals surface area contributed by atoms with Crippen LogP contribution in [0.1, 0.15) is 32.0 Å². The van der Waals surface area contributed by atoms with Gasteiger partial charge in [0.1, 0.15) is 0 Å². The number of H-pyrrole nitrogens is 1. The number of hydrogen-bond acceptors (Lipinski definition) is 0. The van der Waals surface area contributed by atoms with Crippen LogP contribution < -0.4 is 0 Å². The highest BCUT2D eigenvalue weighted by atomic mass is 14.7. The van der Waals surface area contributed by atoms with Crippen LogP contribution in [-0.2, 0) is 5.41 Å². The molecule has 0 aliphatic heterocycles. The molecule has 1 N–H and O–H groups in total. The second-order valence-corrected chi connectivity index (χ2v) is 7.11. The molecule has 1 heteroatoms. The van der Waals surface area contributed by atoms with Gasteiger partial charge in [-0.05, 0) is 35.3 Å². The monoisotopic (exact) mass is 325 g/mol. The van der Waals surface area contributed by atoms with Gasteiger partial charge in [0.2, 0.25) is 0 Å². The van der Waals surface area contributed by atoms with Crippen LogP contribution in [0.5, 0.6) is 0 Å². The molecule has 4 rings (SSSR count). The molecule has 0 amide bonds. The Morgan fingerprint density at radius 3 is 2.48 bits per heavy atom. The SMILES string of the molecule is C=C/C=C1\C(=C/C)c2[nH]c3ccccc3c2-c2ccccc2C1(C)C. The predicted molar refractivity (Wildman–Crippen MR) is 109 cm³/mol. The van der Waals surface area contributed by atoms with E-state index in [1.165, 1.54) is 44.4 Å². The van der Waals surface area contributed by atoms with Gasteiger partial charge in [-0.3, -0.25) is 0 Å². The molecule has 0 saturated carbocycles. The zero-order valence-electron chi connectivity index (χ0n) is 15.1. The van der Waals surface area contributed by atoms with Gasteiger partial charge in [0.25, 0.3) is 0 Å². The second kappa shape index (κ2) is 5.63. The Hall–Kier alpha value is -2.80. The summed E-state index contributed by atoms with van der Waals surface area (Å²) in [7, 11) is 0. The highest BCUT2D eigenvalue weighted by molar-refractivity contribution is 6.06. The third-order valence-corrected chi connectivity index (χ3v) is 5.38. The minimum atomic E-state index is -0.104.